The van der Waals surface area contributed by atoms with Crippen molar-refractivity contribution in [1.82, 2.24) is 4.90 Å². The average molecular weight is 372 g/mol. The van der Waals surface area contributed by atoms with Crippen molar-refractivity contribution in [2.75, 3.05) is 26.6 Å². The first-order valence-electron chi connectivity index (χ1n) is 8.66. The first-order chi connectivity index (χ1) is 12.6. The Morgan fingerprint density at radius 3 is 2.65 bits per heavy atom. The van der Waals surface area contributed by atoms with Gasteiger partial charge in [-0.2, -0.15) is 0 Å². The van der Waals surface area contributed by atoms with Crippen molar-refractivity contribution in [3.63, 3.8) is 0 Å². The van der Waals surface area contributed by atoms with Crippen molar-refractivity contribution in [2.24, 2.45) is 4.99 Å². The number of guanidine groups is 1. The number of methoxy groups -OCH3 is 2. The second kappa shape index (κ2) is 6.72. The molecule has 26 heavy (non-hydrogen) atoms. The number of anilines is 1. The van der Waals surface area contributed by atoms with Gasteiger partial charge in [0, 0.05) is 35.9 Å². The maximum atomic E-state index is 6.13. The standard InChI is InChI=1S/C20H22ClN3O2/c1-22-20-23-17-9-14(21)6-4-13(17)11-24(20)15-8-12-5-7-18(25-2)19(26-3)16(12)10-15/h4-7,9,15H,8,10-11H2,1-3H3,(H,22,23). The van der Waals surface area contributed by atoms with Crippen LogP contribution in [0, 0.1) is 0 Å². The van der Waals surface area contributed by atoms with Crippen LogP contribution >= 0.6 is 11.6 Å². The Labute approximate surface area is 158 Å². The smallest absolute Gasteiger partial charge is 0.198 e. The minimum Gasteiger partial charge on any atom is -0.493 e. The fourth-order valence-electron chi connectivity index (χ4n) is 3.97. The molecule has 0 amide bonds. The fraction of sp³-hybridized carbons (Fsp3) is 0.350. The normalized spacial score (nSPS) is 19.8. The van der Waals surface area contributed by atoms with E-state index in [9.17, 15) is 0 Å². The Morgan fingerprint density at radius 2 is 1.92 bits per heavy atom. The number of aliphatic imine (C=N–C) groups is 1. The summed E-state index contributed by atoms with van der Waals surface area (Å²) < 4.78 is 11.1. The van der Waals surface area contributed by atoms with Crippen LogP contribution in [0.1, 0.15) is 16.7 Å². The van der Waals surface area contributed by atoms with Gasteiger partial charge in [-0.25, -0.2) is 0 Å². The predicted octanol–water partition coefficient (Wildman–Crippen LogP) is 3.74. The topological polar surface area (TPSA) is 46.1 Å². The number of nitrogens with zero attached hydrogens (tertiary/aromatic N) is 2. The summed E-state index contributed by atoms with van der Waals surface area (Å²) in [6.45, 7) is 0.810. The molecule has 6 heteroatoms. The van der Waals surface area contributed by atoms with Gasteiger partial charge in [-0.05, 0) is 42.2 Å². The van der Waals surface area contributed by atoms with Crippen LogP contribution in [0.4, 0.5) is 5.69 Å². The van der Waals surface area contributed by atoms with E-state index in [1.54, 1.807) is 14.2 Å². The monoisotopic (exact) mass is 371 g/mol. The van der Waals surface area contributed by atoms with Gasteiger partial charge in [-0.3, -0.25) is 4.99 Å². The number of hydrogen-bond acceptors (Lipinski definition) is 3. The molecule has 0 bridgehead atoms. The molecule has 2 aliphatic rings. The molecule has 0 saturated heterocycles. The molecule has 2 aromatic carbocycles. The molecular weight excluding hydrogens is 350 g/mol. The van der Waals surface area contributed by atoms with Gasteiger partial charge in [0.2, 0.25) is 0 Å². The quantitative estimate of drug-likeness (QED) is 0.892. The van der Waals surface area contributed by atoms with Crippen molar-refractivity contribution in [1.29, 1.82) is 0 Å². The molecule has 1 aliphatic carbocycles. The lowest BCUT2D eigenvalue weighted by molar-refractivity contribution is 0.304. The Kier molecular flexibility index (Phi) is 4.41. The molecule has 1 atom stereocenters. The summed E-state index contributed by atoms with van der Waals surface area (Å²) in [6.07, 6.45) is 1.86. The molecule has 1 unspecified atom stereocenters. The highest BCUT2D eigenvalue weighted by molar-refractivity contribution is 6.31. The summed E-state index contributed by atoms with van der Waals surface area (Å²) in [5, 5.41) is 4.16. The molecule has 136 valence electrons. The number of hydrogen-bond donors (Lipinski definition) is 1. The zero-order valence-corrected chi connectivity index (χ0v) is 15.9. The second-order valence-electron chi connectivity index (χ2n) is 6.60. The molecule has 0 spiro atoms. The van der Waals surface area contributed by atoms with Crippen LogP contribution in [0.2, 0.25) is 5.02 Å². The van der Waals surface area contributed by atoms with Crippen molar-refractivity contribution >= 4 is 23.2 Å². The van der Waals surface area contributed by atoms with E-state index in [1.165, 1.54) is 16.7 Å². The number of ether oxygens (including phenoxy) is 2. The van der Waals surface area contributed by atoms with E-state index in [1.807, 2.05) is 25.2 Å². The molecule has 4 rings (SSSR count). The number of nitrogens with one attached hydrogen (secondary N) is 1. The summed E-state index contributed by atoms with van der Waals surface area (Å²) in [5.74, 6) is 2.51. The number of fused-ring (bicyclic) bond motifs is 2. The summed E-state index contributed by atoms with van der Waals surface area (Å²) in [5.41, 5.74) is 4.80. The number of halogens is 1. The average Bonchev–Trinajstić information content (AvgIpc) is 3.09. The first kappa shape index (κ1) is 17.0. The SMILES string of the molecule is CN=C1Nc2cc(Cl)ccc2CN1C1Cc2ccc(OC)c(OC)c2C1. The van der Waals surface area contributed by atoms with Gasteiger partial charge in [0.25, 0.3) is 0 Å². The largest absolute Gasteiger partial charge is 0.493 e. The van der Waals surface area contributed by atoms with Crippen molar-refractivity contribution in [3.05, 3.63) is 52.0 Å². The zero-order chi connectivity index (χ0) is 18.3. The lowest BCUT2D eigenvalue weighted by atomic mass is 10.1. The molecule has 5 nitrogen and oxygen atoms in total. The highest BCUT2D eigenvalue weighted by Crippen LogP contribution is 2.40. The molecule has 1 heterocycles. The highest BCUT2D eigenvalue weighted by Gasteiger charge is 2.34. The Hall–Kier alpha value is -2.40. The minimum absolute atomic E-state index is 0.320. The van der Waals surface area contributed by atoms with Gasteiger partial charge in [0.15, 0.2) is 17.5 Å². The van der Waals surface area contributed by atoms with E-state index < -0.39 is 0 Å². The van der Waals surface area contributed by atoms with E-state index in [0.717, 1.165) is 47.6 Å². The molecule has 0 aromatic heterocycles. The van der Waals surface area contributed by atoms with Crippen LogP contribution in [-0.4, -0.2) is 38.2 Å². The molecule has 0 saturated carbocycles. The van der Waals surface area contributed by atoms with Crippen molar-refractivity contribution in [2.45, 2.75) is 25.4 Å². The molecular formula is C20H22ClN3O2. The lowest BCUT2D eigenvalue weighted by Crippen LogP contribution is -2.46. The molecule has 0 radical (unpaired) electrons. The van der Waals surface area contributed by atoms with Gasteiger partial charge in [0.1, 0.15) is 0 Å². The second-order valence-corrected chi connectivity index (χ2v) is 7.04. The van der Waals surface area contributed by atoms with Crippen LogP contribution in [0.3, 0.4) is 0 Å². The number of rotatable bonds is 3. The van der Waals surface area contributed by atoms with Crippen molar-refractivity contribution < 1.29 is 9.47 Å². The van der Waals surface area contributed by atoms with Crippen LogP contribution in [-0.2, 0) is 19.4 Å². The molecule has 1 aliphatic heterocycles. The zero-order valence-electron chi connectivity index (χ0n) is 15.2. The summed E-state index contributed by atoms with van der Waals surface area (Å²) in [4.78, 5) is 6.81. The Morgan fingerprint density at radius 1 is 1.12 bits per heavy atom. The summed E-state index contributed by atoms with van der Waals surface area (Å²) >= 11 is 6.13. The van der Waals surface area contributed by atoms with E-state index in [2.05, 4.69) is 27.3 Å². The summed E-state index contributed by atoms with van der Waals surface area (Å²) in [7, 11) is 5.19. The van der Waals surface area contributed by atoms with Gasteiger partial charge in [-0.15, -0.1) is 0 Å². The first-order valence-corrected chi connectivity index (χ1v) is 9.04. The third-order valence-corrected chi connectivity index (χ3v) is 5.46. The fourth-order valence-corrected chi connectivity index (χ4v) is 4.14. The van der Waals surface area contributed by atoms with E-state index in [0.29, 0.717) is 6.04 Å². The lowest BCUT2D eigenvalue weighted by Gasteiger charge is -2.37. The van der Waals surface area contributed by atoms with Crippen LogP contribution in [0.5, 0.6) is 11.5 Å². The third-order valence-electron chi connectivity index (χ3n) is 5.22. The Bertz CT molecular complexity index is 882. The van der Waals surface area contributed by atoms with Crippen molar-refractivity contribution in [3.8, 4) is 11.5 Å². The van der Waals surface area contributed by atoms with Gasteiger partial charge >= 0.3 is 0 Å². The van der Waals surface area contributed by atoms with E-state index >= 15 is 0 Å². The molecule has 1 N–H and O–H groups in total. The summed E-state index contributed by atoms with van der Waals surface area (Å²) in [6, 6.07) is 10.4. The molecule has 2 aromatic rings. The van der Waals surface area contributed by atoms with Crippen LogP contribution < -0.4 is 14.8 Å². The maximum Gasteiger partial charge on any atom is 0.198 e. The minimum atomic E-state index is 0.320. The Balaban J connectivity index is 1.65. The van der Waals surface area contributed by atoms with E-state index in [4.69, 9.17) is 21.1 Å². The highest BCUT2D eigenvalue weighted by atomic mass is 35.5. The van der Waals surface area contributed by atoms with E-state index in [-0.39, 0.29) is 0 Å². The predicted molar refractivity (Wildman–Crippen MR) is 105 cm³/mol. The molecule has 0 fully saturated rings. The van der Waals surface area contributed by atoms with Crippen LogP contribution in [0.25, 0.3) is 0 Å². The third kappa shape index (κ3) is 2.76. The number of benzene rings is 2. The van der Waals surface area contributed by atoms with Gasteiger partial charge < -0.3 is 19.7 Å². The van der Waals surface area contributed by atoms with Gasteiger partial charge in [0.05, 0.1) is 14.2 Å². The van der Waals surface area contributed by atoms with Gasteiger partial charge in [-0.1, -0.05) is 23.7 Å². The van der Waals surface area contributed by atoms with Crippen LogP contribution in [0.15, 0.2) is 35.3 Å². The maximum absolute atomic E-state index is 6.13.